The highest BCUT2D eigenvalue weighted by molar-refractivity contribution is 7.19. The summed E-state index contributed by atoms with van der Waals surface area (Å²) in [6.45, 7) is 0. The first kappa shape index (κ1) is 15.0. The zero-order valence-corrected chi connectivity index (χ0v) is 14.7. The summed E-state index contributed by atoms with van der Waals surface area (Å²) in [4.78, 5) is 9.53. The molecular weight excluding hydrogens is 338 g/mol. The Kier molecular flexibility index (Phi) is 3.61. The predicted octanol–water partition coefficient (Wildman–Crippen LogP) is 5.78. The summed E-state index contributed by atoms with van der Waals surface area (Å²) < 4.78 is 3.32. The molecule has 3 nitrogen and oxygen atoms in total. The number of benzene rings is 2. The van der Waals surface area contributed by atoms with Crippen LogP contribution in [0.2, 0.25) is 0 Å². The molecule has 3 heterocycles. The highest BCUT2D eigenvalue weighted by atomic mass is 32.1. The van der Waals surface area contributed by atoms with Gasteiger partial charge in [0, 0.05) is 11.8 Å². The summed E-state index contributed by atoms with van der Waals surface area (Å²) in [7, 11) is 0. The van der Waals surface area contributed by atoms with Gasteiger partial charge in [-0.2, -0.15) is 0 Å². The fourth-order valence-electron chi connectivity index (χ4n) is 3.09. The van der Waals surface area contributed by atoms with Crippen molar-refractivity contribution in [1.29, 1.82) is 0 Å². The van der Waals surface area contributed by atoms with Crippen LogP contribution in [0.15, 0.2) is 79.0 Å². The van der Waals surface area contributed by atoms with E-state index in [1.54, 1.807) is 11.3 Å². The van der Waals surface area contributed by atoms with Crippen LogP contribution >= 0.6 is 11.3 Å². The molecule has 0 N–H and O–H groups in total. The van der Waals surface area contributed by atoms with Gasteiger partial charge in [-0.15, -0.1) is 11.3 Å². The van der Waals surface area contributed by atoms with Crippen molar-refractivity contribution < 1.29 is 0 Å². The van der Waals surface area contributed by atoms with Crippen LogP contribution in [0.3, 0.4) is 0 Å². The van der Waals surface area contributed by atoms with Crippen LogP contribution < -0.4 is 0 Å². The average molecular weight is 353 g/mol. The molecule has 0 spiro atoms. The minimum atomic E-state index is 0.940. The Balaban J connectivity index is 1.65. The molecule has 2 aromatic carbocycles. The molecule has 124 valence electrons. The lowest BCUT2D eigenvalue weighted by atomic mass is 10.1. The Morgan fingerprint density at radius 1 is 0.769 bits per heavy atom. The number of rotatable bonds is 3. The van der Waals surface area contributed by atoms with Crippen LogP contribution in [-0.2, 0) is 0 Å². The summed E-state index contributed by atoms with van der Waals surface area (Å²) in [6, 6.07) is 24.6. The van der Waals surface area contributed by atoms with E-state index in [0.717, 1.165) is 33.1 Å². The first-order chi connectivity index (χ1) is 12.9. The van der Waals surface area contributed by atoms with Gasteiger partial charge in [-0.3, -0.25) is 4.40 Å². The summed E-state index contributed by atoms with van der Waals surface area (Å²) in [6.07, 6.45) is 6.24. The highest BCUT2D eigenvalue weighted by Crippen LogP contribution is 2.27. The van der Waals surface area contributed by atoms with Crippen LogP contribution in [0.25, 0.3) is 39.3 Å². The molecule has 0 aliphatic heterocycles. The Labute approximate surface area is 154 Å². The number of fused-ring (bicyclic) bond motifs is 2. The van der Waals surface area contributed by atoms with Crippen molar-refractivity contribution in [3.63, 3.8) is 0 Å². The Hall–Kier alpha value is -3.24. The van der Waals surface area contributed by atoms with Crippen LogP contribution in [0.1, 0.15) is 10.7 Å². The van der Waals surface area contributed by atoms with E-state index < -0.39 is 0 Å². The third-order valence-corrected chi connectivity index (χ3v) is 5.31. The quantitative estimate of drug-likeness (QED) is 0.411. The minimum absolute atomic E-state index is 0.940. The molecule has 5 aromatic rings. The van der Waals surface area contributed by atoms with Crippen molar-refractivity contribution in [2.75, 3.05) is 0 Å². The smallest absolute Gasteiger partial charge is 0.137 e. The van der Waals surface area contributed by atoms with Gasteiger partial charge in [0.05, 0.1) is 21.6 Å². The number of imidazole rings is 1. The van der Waals surface area contributed by atoms with E-state index in [9.17, 15) is 0 Å². The van der Waals surface area contributed by atoms with Gasteiger partial charge in [-0.05, 0) is 36.4 Å². The zero-order chi connectivity index (χ0) is 17.3. The fraction of sp³-hybridized carbons (Fsp3) is 0. The van der Waals surface area contributed by atoms with Gasteiger partial charge >= 0.3 is 0 Å². The Bertz CT molecular complexity index is 1200. The van der Waals surface area contributed by atoms with Gasteiger partial charge in [0.25, 0.3) is 0 Å². The Morgan fingerprint density at radius 3 is 2.46 bits per heavy atom. The molecule has 3 aromatic heterocycles. The average Bonchev–Trinajstić information content (AvgIpc) is 3.28. The van der Waals surface area contributed by atoms with Crippen molar-refractivity contribution in [3.05, 3.63) is 89.7 Å². The molecule has 0 aliphatic carbocycles. The molecule has 0 bridgehead atoms. The van der Waals surface area contributed by atoms with E-state index in [-0.39, 0.29) is 0 Å². The van der Waals surface area contributed by atoms with Crippen molar-refractivity contribution in [3.8, 4) is 11.3 Å². The number of aromatic nitrogens is 3. The molecule has 0 saturated heterocycles. The number of hydrogen-bond acceptors (Lipinski definition) is 3. The summed E-state index contributed by atoms with van der Waals surface area (Å²) in [5.41, 5.74) is 5.13. The molecule has 0 amide bonds. The molecule has 0 saturated carbocycles. The van der Waals surface area contributed by atoms with E-state index in [4.69, 9.17) is 9.97 Å². The Morgan fingerprint density at radius 2 is 1.58 bits per heavy atom. The third kappa shape index (κ3) is 2.61. The number of para-hydroxylation sites is 1. The van der Waals surface area contributed by atoms with Crippen molar-refractivity contribution in [2.24, 2.45) is 0 Å². The van der Waals surface area contributed by atoms with Gasteiger partial charge < -0.3 is 0 Å². The van der Waals surface area contributed by atoms with E-state index in [1.165, 1.54) is 4.70 Å². The maximum atomic E-state index is 4.83. The van der Waals surface area contributed by atoms with Crippen molar-refractivity contribution in [2.45, 2.75) is 0 Å². The minimum Gasteiger partial charge on any atom is -0.300 e. The first-order valence-electron chi connectivity index (χ1n) is 8.45. The zero-order valence-electron chi connectivity index (χ0n) is 13.9. The molecule has 0 radical (unpaired) electrons. The second-order valence-corrected chi connectivity index (χ2v) is 7.06. The monoisotopic (exact) mass is 353 g/mol. The van der Waals surface area contributed by atoms with Gasteiger partial charge in [-0.1, -0.05) is 48.5 Å². The van der Waals surface area contributed by atoms with Gasteiger partial charge in [0.1, 0.15) is 10.7 Å². The van der Waals surface area contributed by atoms with Crippen LogP contribution in [-0.4, -0.2) is 14.4 Å². The molecular formula is C22H15N3S. The maximum Gasteiger partial charge on any atom is 0.137 e. The number of hydrogen-bond donors (Lipinski definition) is 0. The molecule has 0 aliphatic rings. The second kappa shape index (κ2) is 6.24. The number of nitrogens with zero attached hydrogens (tertiary/aromatic N) is 3. The standard InChI is InChI=1S/C22H15N3S/c1-2-8-16(9-3-1)22-18(25-15-7-6-12-20(25)24-22)13-14-21-23-17-10-4-5-11-19(17)26-21/h1-15H/b14-13+. The van der Waals surface area contributed by atoms with Crippen molar-refractivity contribution >= 4 is 39.4 Å². The van der Waals surface area contributed by atoms with E-state index in [0.29, 0.717) is 0 Å². The number of pyridine rings is 1. The number of thiazole rings is 1. The maximum absolute atomic E-state index is 4.83. The third-order valence-electron chi connectivity index (χ3n) is 4.31. The largest absolute Gasteiger partial charge is 0.300 e. The topological polar surface area (TPSA) is 30.2 Å². The van der Waals surface area contributed by atoms with E-state index >= 15 is 0 Å². The molecule has 26 heavy (non-hydrogen) atoms. The molecule has 5 rings (SSSR count). The molecule has 0 unspecified atom stereocenters. The molecule has 0 atom stereocenters. The highest BCUT2D eigenvalue weighted by Gasteiger charge is 2.11. The lowest BCUT2D eigenvalue weighted by Crippen LogP contribution is -1.87. The second-order valence-electron chi connectivity index (χ2n) is 5.99. The van der Waals surface area contributed by atoms with E-state index in [2.05, 4.69) is 34.8 Å². The molecule has 0 fully saturated rings. The van der Waals surface area contributed by atoms with Gasteiger partial charge in [0.15, 0.2) is 0 Å². The van der Waals surface area contributed by atoms with Crippen LogP contribution in [0, 0.1) is 0 Å². The normalized spacial score (nSPS) is 11.7. The lowest BCUT2D eigenvalue weighted by Gasteiger charge is -2.00. The van der Waals surface area contributed by atoms with Gasteiger partial charge in [-0.25, -0.2) is 9.97 Å². The van der Waals surface area contributed by atoms with Crippen molar-refractivity contribution in [1.82, 2.24) is 14.4 Å². The first-order valence-corrected chi connectivity index (χ1v) is 9.26. The fourth-order valence-corrected chi connectivity index (χ4v) is 3.96. The van der Waals surface area contributed by atoms with E-state index in [1.807, 2.05) is 60.8 Å². The summed E-state index contributed by atoms with van der Waals surface area (Å²) >= 11 is 1.70. The van der Waals surface area contributed by atoms with Gasteiger partial charge in [0.2, 0.25) is 0 Å². The summed E-state index contributed by atoms with van der Waals surface area (Å²) in [5, 5.41) is 0.996. The van der Waals surface area contributed by atoms with Crippen LogP contribution in [0.5, 0.6) is 0 Å². The molecule has 4 heteroatoms. The lowest BCUT2D eigenvalue weighted by molar-refractivity contribution is 1.17. The predicted molar refractivity (Wildman–Crippen MR) is 109 cm³/mol. The van der Waals surface area contributed by atoms with Crippen LogP contribution in [0.4, 0.5) is 0 Å². The SMILES string of the molecule is C(=C\c1c(-c2ccccc2)nc2ccccn12)/c1nc2ccccc2s1. The summed E-state index contributed by atoms with van der Waals surface area (Å²) in [5.74, 6) is 0.